The SMILES string of the molecule is CC(=O)Nc1cccc(C(=O)N2CCC(NS(=O)(=O)c3c(C)noc3C)CC2)c1. The molecule has 156 valence electrons. The lowest BCUT2D eigenvalue weighted by Crippen LogP contribution is -2.46. The van der Waals surface area contributed by atoms with E-state index >= 15 is 0 Å². The summed E-state index contributed by atoms with van der Waals surface area (Å²) < 4.78 is 32.9. The molecule has 2 heterocycles. The average molecular weight is 420 g/mol. The molecule has 1 aliphatic heterocycles. The molecular weight excluding hydrogens is 396 g/mol. The number of carbonyl (C=O) groups is 2. The molecule has 29 heavy (non-hydrogen) atoms. The zero-order valence-electron chi connectivity index (χ0n) is 16.6. The van der Waals surface area contributed by atoms with Crippen molar-refractivity contribution in [3.63, 3.8) is 0 Å². The molecule has 0 saturated carbocycles. The van der Waals surface area contributed by atoms with E-state index in [1.54, 1.807) is 43.0 Å². The Morgan fingerprint density at radius 3 is 2.48 bits per heavy atom. The van der Waals surface area contributed by atoms with Gasteiger partial charge in [-0.1, -0.05) is 11.2 Å². The van der Waals surface area contributed by atoms with Crippen LogP contribution in [0.15, 0.2) is 33.7 Å². The smallest absolute Gasteiger partial charge is 0.253 e. The molecule has 1 aromatic carbocycles. The molecule has 0 unspecified atom stereocenters. The van der Waals surface area contributed by atoms with E-state index < -0.39 is 10.0 Å². The Morgan fingerprint density at radius 2 is 1.90 bits per heavy atom. The molecule has 1 fully saturated rings. The summed E-state index contributed by atoms with van der Waals surface area (Å²) in [6.07, 6.45) is 0.999. The number of hydrogen-bond acceptors (Lipinski definition) is 6. The lowest BCUT2D eigenvalue weighted by molar-refractivity contribution is -0.114. The highest BCUT2D eigenvalue weighted by molar-refractivity contribution is 7.89. The van der Waals surface area contributed by atoms with Gasteiger partial charge in [-0.2, -0.15) is 0 Å². The maximum Gasteiger partial charge on any atom is 0.253 e. The van der Waals surface area contributed by atoms with Crippen molar-refractivity contribution in [2.75, 3.05) is 18.4 Å². The van der Waals surface area contributed by atoms with Crippen molar-refractivity contribution in [1.29, 1.82) is 0 Å². The lowest BCUT2D eigenvalue weighted by Gasteiger charge is -2.32. The first-order chi connectivity index (χ1) is 13.7. The molecule has 1 aliphatic rings. The Hall–Kier alpha value is -2.72. The maximum absolute atomic E-state index is 12.8. The second-order valence-electron chi connectivity index (χ2n) is 7.10. The fourth-order valence-electron chi connectivity index (χ4n) is 3.45. The summed E-state index contributed by atoms with van der Waals surface area (Å²) in [6.45, 7) is 5.41. The topological polar surface area (TPSA) is 122 Å². The maximum atomic E-state index is 12.8. The van der Waals surface area contributed by atoms with Crippen molar-refractivity contribution in [1.82, 2.24) is 14.8 Å². The van der Waals surface area contributed by atoms with E-state index in [1.807, 2.05) is 0 Å². The molecule has 9 nitrogen and oxygen atoms in total. The largest absolute Gasteiger partial charge is 0.360 e. The molecule has 0 bridgehead atoms. The molecule has 1 aromatic heterocycles. The minimum absolute atomic E-state index is 0.0748. The highest BCUT2D eigenvalue weighted by Crippen LogP contribution is 2.22. The zero-order chi connectivity index (χ0) is 21.2. The summed E-state index contributed by atoms with van der Waals surface area (Å²) in [5, 5.41) is 6.36. The third-order valence-electron chi connectivity index (χ3n) is 4.77. The number of amides is 2. The Bertz CT molecular complexity index is 1000. The number of aromatic nitrogens is 1. The van der Waals surface area contributed by atoms with Gasteiger partial charge in [0.15, 0.2) is 5.76 Å². The van der Waals surface area contributed by atoms with Gasteiger partial charge in [0, 0.05) is 37.3 Å². The number of rotatable bonds is 5. The van der Waals surface area contributed by atoms with Crippen LogP contribution in [-0.4, -0.2) is 49.4 Å². The predicted octanol–water partition coefficient (Wildman–Crippen LogP) is 1.83. The number of sulfonamides is 1. The van der Waals surface area contributed by atoms with Crippen LogP contribution in [0.25, 0.3) is 0 Å². The summed E-state index contributed by atoms with van der Waals surface area (Å²) in [4.78, 5) is 25.7. The van der Waals surface area contributed by atoms with E-state index in [4.69, 9.17) is 4.52 Å². The Kier molecular flexibility index (Phi) is 6.04. The Morgan fingerprint density at radius 1 is 1.21 bits per heavy atom. The highest BCUT2D eigenvalue weighted by Gasteiger charge is 2.30. The van der Waals surface area contributed by atoms with Crippen molar-refractivity contribution < 1.29 is 22.5 Å². The second-order valence-corrected chi connectivity index (χ2v) is 8.75. The molecular formula is C19H24N4O5S. The van der Waals surface area contributed by atoms with Crippen LogP contribution >= 0.6 is 0 Å². The number of hydrogen-bond donors (Lipinski definition) is 2. The monoisotopic (exact) mass is 420 g/mol. The van der Waals surface area contributed by atoms with E-state index in [0.29, 0.717) is 42.9 Å². The number of piperidine rings is 1. The molecule has 10 heteroatoms. The first kappa shape index (κ1) is 21.0. The van der Waals surface area contributed by atoms with Gasteiger partial charge < -0.3 is 14.7 Å². The van der Waals surface area contributed by atoms with Gasteiger partial charge in [-0.25, -0.2) is 13.1 Å². The number of nitrogens with zero attached hydrogens (tertiary/aromatic N) is 2. The summed E-state index contributed by atoms with van der Waals surface area (Å²) in [6, 6.07) is 6.48. The third kappa shape index (κ3) is 4.83. The van der Waals surface area contributed by atoms with Gasteiger partial charge in [-0.15, -0.1) is 0 Å². The quantitative estimate of drug-likeness (QED) is 0.761. The predicted molar refractivity (Wildman–Crippen MR) is 106 cm³/mol. The molecule has 2 amide bonds. The van der Waals surface area contributed by atoms with Gasteiger partial charge in [0.1, 0.15) is 10.6 Å². The van der Waals surface area contributed by atoms with Gasteiger partial charge in [0.05, 0.1) is 0 Å². The highest BCUT2D eigenvalue weighted by atomic mass is 32.2. The normalized spacial score (nSPS) is 15.3. The lowest BCUT2D eigenvalue weighted by atomic mass is 10.0. The molecule has 0 spiro atoms. The summed E-state index contributed by atoms with van der Waals surface area (Å²) in [5.41, 5.74) is 1.36. The minimum Gasteiger partial charge on any atom is -0.360 e. The van der Waals surface area contributed by atoms with Crippen LogP contribution in [0.1, 0.15) is 41.6 Å². The number of anilines is 1. The molecule has 0 radical (unpaired) electrons. The van der Waals surface area contributed by atoms with Gasteiger partial charge in [-0.05, 0) is 44.9 Å². The van der Waals surface area contributed by atoms with Crippen molar-refractivity contribution >= 4 is 27.5 Å². The van der Waals surface area contributed by atoms with Crippen molar-refractivity contribution in [3.8, 4) is 0 Å². The Balaban J connectivity index is 1.62. The Labute approximate surface area is 169 Å². The summed E-state index contributed by atoms with van der Waals surface area (Å²) in [7, 11) is -3.73. The van der Waals surface area contributed by atoms with Gasteiger partial charge in [0.25, 0.3) is 5.91 Å². The van der Waals surface area contributed by atoms with E-state index in [-0.39, 0.29) is 28.5 Å². The van der Waals surface area contributed by atoms with Crippen LogP contribution < -0.4 is 10.0 Å². The first-order valence-electron chi connectivity index (χ1n) is 9.29. The van der Waals surface area contributed by atoms with Crippen LogP contribution in [0.3, 0.4) is 0 Å². The van der Waals surface area contributed by atoms with Crippen molar-refractivity contribution in [2.24, 2.45) is 0 Å². The van der Waals surface area contributed by atoms with Gasteiger partial charge in [-0.3, -0.25) is 9.59 Å². The van der Waals surface area contributed by atoms with Crippen LogP contribution in [0.4, 0.5) is 5.69 Å². The summed E-state index contributed by atoms with van der Waals surface area (Å²) >= 11 is 0. The van der Waals surface area contributed by atoms with Crippen molar-refractivity contribution in [2.45, 2.75) is 44.6 Å². The molecule has 0 aliphatic carbocycles. The first-order valence-corrected chi connectivity index (χ1v) is 10.8. The van der Waals surface area contributed by atoms with Crippen LogP contribution in [-0.2, 0) is 14.8 Å². The second kappa shape index (κ2) is 8.34. The van der Waals surface area contributed by atoms with Gasteiger partial charge >= 0.3 is 0 Å². The average Bonchev–Trinajstić information content (AvgIpc) is 3.00. The number of benzene rings is 1. The third-order valence-corrected chi connectivity index (χ3v) is 6.53. The fourth-order valence-corrected chi connectivity index (χ4v) is 5.09. The van der Waals surface area contributed by atoms with Crippen LogP contribution in [0, 0.1) is 13.8 Å². The number of aryl methyl sites for hydroxylation is 2. The number of nitrogens with one attached hydrogen (secondary N) is 2. The zero-order valence-corrected chi connectivity index (χ0v) is 17.4. The van der Waals surface area contributed by atoms with E-state index in [0.717, 1.165) is 0 Å². The van der Waals surface area contributed by atoms with Crippen LogP contribution in [0.5, 0.6) is 0 Å². The van der Waals surface area contributed by atoms with Crippen LogP contribution in [0.2, 0.25) is 0 Å². The van der Waals surface area contributed by atoms with Crippen molar-refractivity contribution in [3.05, 3.63) is 41.3 Å². The minimum atomic E-state index is -3.73. The fraction of sp³-hybridized carbons (Fsp3) is 0.421. The molecule has 3 rings (SSSR count). The molecule has 0 atom stereocenters. The van der Waals surface area contributed by atoms with Gasteiger partial charge in [0.2, 0.25) is 15.9 Å². The van der Waals surface area contributed by atoms with E-state index in [1.165, 1.54) is 6.92 Å². The standard InChI is InChI=1S/C19H24N4O5S/c1-12-18(13(2)28-21-12)29(26,27)22-16-7-9-23(10-8-16)19(25)15-5-4-6-17(11-15)20-14(3)24/h4-6,11,16,22H,7-10H2,1-3H3,(H,20,24). The molecule has 1 saturated heterocycles. The number of carbonyl (C=O) groups excluding carboxylic acids is 2. The number of likely N-dealkylation sites (tertiary alicyclic amines) is 1. The summed E-state index contributed by atoms with van der Waals surface area (Å²) in [5.74, 6) is -0.105. The molecule has 2 aromatic rings. The van der Waals surface area contributed by atoms with E-state index in [9.17, 15) is 18.0 Å². The van der Waals surface area contributed by atoms with E-state index in [2.05, 4.69) is 15.2 Å². The molecule has 2 N–H and O–H groups in total.